The van der Waals surface area contributed by atoms with E-state index in [1.165, 1.54) is 6.33 Å². The lowest BCUT2D eigenvalue weighted by Gasteiger charge is -2.30. The highest BCUT2D eigenvalue weighted by Crippen LogP contribution is 2.13. The molecule has 1 unspecified atom stereocenters. The van der Waals surface area contributed by atoms with Crippen LogP contribution in [0.25, 0.3) is 0 Å². The maximum atomic E-state index is 13.8. The molecule has 46 heavy (non-hydrogen) atoms. The van der Waals surface area contributed by atoms with Gasteiger partial charge in [-0.2, -0.15) is 0 Å². The van der Waals surface area contributed by atoms with Crippen LogP contribution < -0.4 is 27.0 Å². The third kappa shape index (κ3) is 14.4. The van der Waals surface area contributed by atoms with Crippen molar-refractivity contribution in [1.82, 2.24) is 31.2 Å². The molecule has 1 aromatic carbocycles. The van der Waals surface area contributed by atoms with E-state index in [0.717, 1.165) is 5.56 Å². The highest BCUT2D eigenvalue weighted by molar-refractivity contribution is 5.91. The number of aliphatic hydroxyl groups is 1. The lowest BCUT2D eigenvalue weighted by atomic mass is 9.97. The van der Waals surface area contributed by atoms with Crippen LogP contribution in [0.15, 0.2) is 42.9 Å². The van der Waals surface area contributed by atoms with Crippen molar-refractivity contribution in [3.63, 3.8) is 0 Å². The van der Waals surface area contributed by atoms with E-state index < -0.39 is 59.7 Å². The van der Waals surface area contributed by atoms with Crippen molar-refractivity contribution in [2.75, 3.05) is 6.54 Å². The number of primary amides is 1. The number of imidazole rings is 1. The lowest BCUT2D eigenvalue weighted by molar-refractivity contribution is -0.131. The molecule has 5 atom stereocenters. The summed E-state index contributed by atoms with van der Waals surface area (Å²) in [5.74, 6) is -1.33. The Balaban J connectivity index is 2.27. The molecular formula is C33H53N7O6. The molecule has 0 aliphatic rings. The molecule has 1 aromatic heterocycles. The summed E-state index contributed by atoms with van der Waals surface area (Å²) in [4.78, 5) is 59.2. The summed E-state index contributed by atoms with van der Waals surface area (Å²) >= 11 is 0. The Morgan fingerprint density at radius 1 is 0.891 bits per heavy atom. The molecule has 0 aliphatic heterocycles. The number of nitrogens with zero attached hydrogens (tertiary/aromatic N) is 1. The molecule has 4 amide bonds. The number of ether oxygens (including phenoxy) is 1. The summed E-state index contributed by atoms with van der Waals surface area (Å²) in [5, 5.41) is 22.5. The van der Waals surface area contributed by atoms with Crippen LogP contribution in [0.1, 0.15) is 72.6 Å². The van der Waals surface area contributed by atoms with Gasteiger partial charge in [-0.3, -0.25) is 14.4 Å². The number of hydrogen-bond acceptors (Lipinski definition) is 8. The summed E-state index contributed by atoms with van der Waals surface area (Å²) in [6.07, 6.45) is 2.40. The summed E-state index contributed by atoms with van der Waals surface area (Å²) < 4.78 is 5.40. The van der Waals surface area contributed by atoms with Gasteiger partial charge in [-0.25, -0.2) is 9.78 Å². The zero-order valence-electron chi connectivity index (χ0n) is 28.1. The van der Waals surface area contributed by atoms with Gasteiger partial charge in [-0.1, -0.05) is 58.0 Å². The van der Waals surface area contributed by atoms with Crippen molar-refractivity contribution in [3.05, 3.63) is 54.1 Å². The van der Waals surface area contributed by atoms with Crippen LogP contribution in [0, 0.1) is 11.8 Å². The molecule has 8 N–H and O–H groups in total. The molecule has 0 aliphatic carbocycles. The third-order valence-corrected chi connectivity index (χ3v) is 7.03. The number of nitrogens with one attached hydrogen (secondary N) is 5. The Morgan fingerprint density at radius 2 is 1.50 bits per heavy atom. The maximum Gasteiger partial charge on any atom is 0.408 e. The number of carbonyl (C=O) groups excluding carboxylic acids is 4. The van der Waals surface area contributed by atoms with Crippen LogP contribution in [-0.2, 0) is 32.0 Å². The second-order valence-corrected chi connectivity index (χ2v) is 13.5. The van der Waals surface area contributed by atoms with Gasteiger partial charge in [0.2, 0.25) is 17.7 Å². The van der Waals surface area contributed by atoms with Gasteiger partial charge in [0, 0.05) is 25.6 Å². The molecule has 0 fully saturated rings. The monoisotopic (exact) mass is 643 g/mol. The van der Waals surface area contributed by atoms with E-state index in [2.05, 4.69) is 31.2 Å². The number of H-pyrrole nitrogens is 1. The largest absolute Gasteiger partial charge is 0.444 e. The van der Waals surface area contributed by atoms with Gasteiger partial charge in [0.15, 0.2) is 0 Å². The number of carbonyl (C=O) groups is 4. The molecule has 0 spiro atoms. The van der Waals surface area contributed by atoms with Crippen molar-refractivity contribution in [2.45, 2.75) is 110 Å². The molecule has 0 saturated carbocycles. The van der Waals surface area contributed by atoms with E-state index in [0.29, 0.717) is 18.5 Å². The van der Waals surface area contributed by atoms with Crippen LogP contribution in [0.5, 0.6) is 0 Å². The molecule has 0 saturated heterocycles. The third-order valence-electron chi connectivity index (χ3n) is 7.03. The van der Waals surface area contributed by atoms with Crippen LogP contribution in [0.3, 0.4) is 0 Å². The van der Waals surface area contributed by atoms with E-state index in [1.54, 1.807) is 27.0 Å². The van der Waals surface area contributed by atoms with Crippen molar-refractivity contribution in [2.24, 2.45) is 17.6 Å². The topological polar surface area (TPSA) is 201 Å². The zero-order valence-corrected chi connectivity index (χ0v) is 28.1. The minimum absolute atomic E-state index is 0.0212. The average Bonchev–Trinajstić information content (AvgIpc) is 3.46. The van der Waals surface area contributed by atoms with E-state index in [1.807, 2.05) is 58.0 Å². The second-order valence-electron chi connectivity index (χ2n) is 13.5. The smallest absolute Gasteiger partial charge is 0.408 e. The first kappa shape index (κ1) is 38.2. The standard InChI is InChI=1S/C33H53N7O6/c1-20(2)13-24(28(41)18-36-25(29(34)42)14-21(3)4)38-31(44)27(16-23-17-35-19-37-23)39-30(43)26(15-22-11-9-8-10-12-22)40-32(45)46-33(5,6)7/h8-12,17,19-21,24-28,36,41H,13-16,18H2,1-7H3,(H2,34,42)(H,35,37)(H,38,44)(H,39,43)(H,40,45)/t24-,25-,26-,27-,28?/m0/s1. The van der Waals surface area contributed by atoms with Gasteiger partial charge in [-0.05, 0) is 51.0 Å². The number of amides is 4. The maximum absolute atomic E-state index is 13.8. The minimum atomic E-state index is -1.09. The van der Waals surface area contributed by atoms with Gasteiger partial charge in [0.05, 0.1) is 30.2 Å². The Labute approximate surface area is 272 Å². The van der Waals surface area contributed by atoms with E-state index >= 15 is 0 Å². The minimum Gasteiger partial charge on any atom is -0.444 e. The van der Waals surface area contributed by atoms with Crippen molar-refractivity contribution in [1.29, 1.82) is 0 Å². The fraction of sp³-hybridized carbons (Fsp3) is 0.606. The normalized spacial score (nSPS) is 15.0. The summed E-state index contributed by atoms with van der Waals surface area (Å²) in [5.41, 5.74) is 6.10. The fourth-order valence-corrected chi connectivity index (χ4v) is 4.88. The molecule has 13 heteroatoms. The van der Waals surface area contributed by atoms with Crippen LogP contribution in [-0.4, -0.2) is 81.3 Å². The van der Waals surface area contributed by atoms with Crippen LogP contribution in [0.2, 0.25) is 0 Å². The molecule has 2 aromatic rings. The number of aromatic amines is 1. The summed E-state index contributed by atoms with van der Waals surface area (Å²) in [6.45, 7) is 13.0. The van der Waals surface area contributed by atoms with Crippen molar-refractivity contribution < 1.29 is 29.0 Å². The molecular weight excluding hydrogens is 590 g/mol. The highest BCUT2D eigenvalue weighted by atomic mass is 16.6. The first-order valence-electron chi connectivity index (χ1n) is 15.9. The van der Waals surface area contributed by atoms with E-state index in [-0.39, 0.29) is 31.2 Å². The number of hydrogen-bond donors (Lipinski definition) is 7. The molecule has 2 rings (SSSR count). The van der Waals surface area contributed by atoms with Crippen LogP contribution >= 0.6 is 0 Å². The number of benzene rings is 1. The van der Waals surface area contributed by atoms with Crippen molar-refractivity contribution >= 4 is 23.8 Å². The second kappa shape index (κ2) is 18.2. The van der Waals surface area contributed by atoms with Crippen LogP contribution in [0.4, 0.5) is 4.79 Å². The summed E-state index contributed by atoms with van der Waals surface area (Å²) in [6, 6.07) is 5.69. The zero-order chi connectivity index (χ0) is 34.4. The quantitative estimate of drug-likeness (QED) is 0.128. The number of nitrogens with two attached hydrogens (primary N) is 1. The highest BCUT2D eigenvalue weighted by Gasteiger charge is 2.32. The predicted molar refractivity (Wildman–Crippen MR) is 175 cm³/mol. The number of alkyl carbamates (subject to hydrolysis) is 1. The molecule has 0 radical (unpaired) electrons. The Kier molecular flexibility index (Phi) is 15.2. The lowest BCUT2D eigenvalue weighted by Crippen LogP contribution is -2.58. The van der Waals surface area contributed by atoms with Gasteiger partial charge < -0.3 is 41.8 Å². The molecule has 13 nitrogen and oxygen atoms in total. The van der Waals surface area contributed by atoms with Gasteiger partial charge in [-0.15, -0.1) is 0 Å². The van der Waals surface area contributed by atoms with Gasteiger partial charge in [0.1, 0.15) is 17.7 Å². The Bertz CT molecular complexity index is 1230. The Morgan fingerprint density at radius 3 is 2.04 bits per heavy atom. The predicted octanol–water partition coefficient (Wildman–Crippen LogP) is 1.95. The molecule has 256 valence electrons. The number of rotatable bonds is 18. The number of aromatic nitrogens is 2. The first-order chi connectivity index (χ1) is 21.5. The first-order valence-corrected chi connectivity index (χ1v) is 15.9. The molecule has 0 bridgehead atoms. The molecule has 1 heterocycles. The van der Waals surface area contributed by atoms with E-state index in [9.17, 15) is 24.3 Å². The fourth-order valence-electron chi connectivity index (χ4n) is 4.88. The van der Waals surface area contributed by atoms with Gasteiger partial charge >= 0.3 is 6.09 Å². The summed E-state index contributed by atoms with van der Waals surface area (Å²) in [7, 11) is 0. The van der Waals surface area contributed by atoms with Crippen molar-refractivity contribution in [3.8, 4) is 0 Å². The average molecular weight is 644 g/mol. The van der Waals surface area contributed by atoms with E-state index in [4.69, 9.17) is 10.5 Å². The SMILES string of the molecule is CC(C)C[C@H](NCC(O)[C@H](CC(C)C)NC(=O)[C@H](Cc1c[nH]cn1)NC(=O)[C@H](Cc1ccccc1)NC(=O)OC(C)(C)C)C(N)=O. The van der Waals surface area contributed by atoms with Gasteiger partial charge in [0.25, 0.3) is 0 Å². The Hall–Kier alpha value is -3.97. The number of aliphatic hydroxyl groups excluding tert-OH is 1.